The molecule has 0 bridgehead atoms. The number of ether oxygens (including phenoxy) is 1. The van der Waals surface area contributed by atoms with E-state index in [0.717, 1.165) is 17.6 Å². The summed E-state index contributed by atoms with van der Waals surface area (Å²) in [5, 5.41) is 5.43. The summed E-state index contributed by atoms with van der Waals surface area (Å²) in [7, 11) is 1.51. The van der Waals surface area contributed by atoms with Crippen molar-refractivity contribution in [1.29, 1.82) is 0 Å². The van der Waals surface area contributed by atoms with Crippen molar-refractivity contribution >= 4 is 34.4 Å². The molecule has 5 rings (SSSR count). The van der Waals surface area contributed by atoms with Gasteiger partial charge in [0.05, 0.1) is 28.5 Å². The third-order valence-corrected chi connectivity index (χ3v) is 7.57. The number of halogens is 4. The molecular weight excluding hydrogens is 575 g/mol. The molecule has 9 nitrogen and oxygen atoms in total. The Hall–Kier alpha value is -4.32. The maximum absolute atomic E-state index is 13.6. The third kappa shape index (κ3) is 6.28. The summed E-state index contributed by atoms with van der Waals surface area (Å²) in [5.74, 6) is -1.51. The number of fused-ring (bicyclic) bond motifs is 1. The van der Waals surface area contributed by atoms with Crippen LogP contribution in [0.1, 0.15) is 46.5 Å². The number of pyridine rings is 1. The van der Waals surface area contributed by atoms with Crippen molar-refractivity contribution in [3.63, 3.8) is 0 Å². The summed E-state index contributed by atoms with van der Waals surface area (Å²) in [6.07, 6.45) is -0.897. The van der Waals surface area contributed by atoms with Gasteiger partial charge in [0.1, 0.15) is 11.4 Å². The van der Waals surface area contributed by atoms with Gasteiger partial charge in [-0.1, -0.05) is 23.7 Å². The number of hydrogen-bond acceptors (Lipinski definition) is 5. The van der Waals surface area contributed by atoms with Crippen LogP contribution in [0.3, 0.4) is 0 Å². The van der Waals surface area contributed by atoms with Crippen LogP contribution in [0.15, 0.2) is 65.6 Å². The minimum absolute atomic E-state index is 0.112. The van der Waals surface area contributed by atoms with Crippen molar-refractivity contribution in [2.24, 2.45) is 5.92 Å². The van der Waals surface area contributed by atoms with E-state index < -0.39 is 18.0 Å². The van der Waals surface area contributed by atoms with E-state index in [0.29, 0.717) is 43.4 Å². The highest BCUT2D eigenvalue weighted by Crippen LogP contribution is 2.31. The first kappa shape index (κ1) is 29.2. The number of nitrogens with zero attached hydrogens (tertiary/aromatic N) is 3. The lowest BCUT2D eigenvalue weighted by Crippen LogP contribution is -2.39. The van der Waals surface area contributed by atoms with Gasteiger partial charge in [-0.25, -0.2) is 9.78 Å². The molecule has 1 aliphatic carbocycles. The van der Waals surface area contributed by atoms with Gasteiger partial charge in [-0.3, -0.25) is 18.7 Å². The van der Waals surface area contributed by atoms with Crippen molar-refractivity contribution in [3.05, 3.63) is 87.6 Å². The highest BCUT2D eigenvalue weighted by atomic mass is 35.5. The van der Waals surface area contributed by atoms with Crippen LogP contribution in [-0.4, -0.2) is 45.4 Å². The number of hydrogen-bond donors (Lipinski definition) is 2. The van der Waals surface area contributed by atoms with Crippen LogP contribution in [0.4, 0.5) is 13.2 Å². The summed E-state index contributed by atoms with van der Waals surface area (Å²) in [5.41, 5.74) is 1.70. The molecule has 2 amide bonds. The quantitative estimate of drug-likeness (QED) is 0.307. The number of rotatable bonds is 7. The van der Waals surface area contributed by atoms with Crippen molar-refractivity contribution in [2.45, 2.75) is 44.6 Å². The lowest BCUT2D eigenvalue weighted by molar-refractivity contribution is -0.274. The molecular formula is C29H27ClF3N5O4. The number of aromatic nitrogens is 3. The number of nitrogens with one attached hydrogen (secondary N) is 2. The normalized spacial score (nSPS) is 17.2. The van der Waals surface area contributed by atoms with Gasteiger partial charge in [0.2, 0.25) is 0 Å². The number of carbonyl (C=O) groups excluding carboxylic acids is 2. The molecule has 0 aliphatic heterocycles. The molecule has 4 aromatic rings. The Morgan fingerprint density at radius 3 is 2.38 bits per heavy atom. The summed E-state index contributed by atoms with van der Waals surface area (Å²) < 4.78 is 45.7. The third-order valence-electron chi connectivity index (χ3n) is 7.34. The van der Waals surface area contributed by atoms with Crippen molar-refractivity contribution in [2.75, 3.05) is 7.05 Å². The van der Waals surface area contributed by atoms with E-state index in [1.807, 2.05) is 24.3 Å². The van der Waals surface area contributed by atoms with E-state index in [1.54, 1.807) is 21.3 Å². The Morgan fingerprint density at radius 2 is 1.74 bits per heavy atom. The zero-order valence-electron chi connectivity index (χ0n) is 22.5. The second-order valence-electron chi connectivity index (χ2n) is 10.1. The van der Waals surface area contributed by atoms with Crippen LogP contribution in [0.25, 0.3) is 16.7 Å². The first-order chi connectivity index (χ1) is 20.0. The van der Waals surface area contributed by atoms with Gasteiger partial charge in [0.25, 0.3) is 11.8 Å². The lowest BCUT2D eigenvalue weighted by Gasteiger charge is -2.29. The first-order valence-corrected chi connectivity index (χ1v) is 13.7. The Bertz CT molecular complexity index is 1680. The molecule has 2 aromatic carbocycles. The fourth-order valence-electron chi connectivity index (χ4n) is 5.32. The molecule has 0 atom stereocenters. The molecule has 13 heteroatoms. The van der Waals surface area contributed by atoms with E-state index in [9.17, 15) is 27.6 Å². The molecule has 1 aliphatic rings. The molecule has 0 unspecified atom stereocenters. The van der Waals surface area contributed by atoms with Gasteiger partial charge in [0.15, 0.2) is 0 Å². The summed E-state index contributed by atoms with van der Waals surface area (Å²) in [4.78, 5) is 42.5. The topological polar surface area (TPSA) is 107 Å². The molecule has 1 saturated carbocycles. The van der Waals surface area contributed by atoms with Gasteiger partial charge < -0.3 is 15.4 Å². The highest BCUT2D eigenvalue weighted by Gasteiger charge is 2.33. The smallest absolute Gasteiger partial charge is 0.405 e. The lowest BCUT2D eigenvalue weighted by atomic mass is 9.85. The van der Waals surface area contributed by atoms with Crippen LogP contribution < -0.4 is 21.1 Å². The number of imidazole rings is 1. The van der Waals surface area contributed by atoms with Crippen molar-refractivity contribution < 1.29 is 27.5 Å². The Morgan fingerprint density at radius 1 is 1.02 bits per heavy atom. The monoisotopic (exact) mass is 601 g/mol. The fraction of sp³-hybridized carbons (Fsp3) is 0.310. The van der Waals surface area contributed by atoms with Crippen molar-refractivity contribution in [3.8, 4) is 11.4 Å². The molecule has 0 saturated heterocycles. The molecule has 1 fully saturated rings. The summed E-state index contributed by atoms with van der Waals surface area (Å²) in [6, 6.07) is 13.8. The van der Waals surface area contributed by atoms with E-state index in [-0.39, 0.29) is 39.8 Å². The second-order valence-corrected chi connectivity index (χ2v) is 10.5. The zero-order chi connectivity index (χ0) is 30.0. The van der Waals surface area contributed by atoms with Gasteiger partial charge in [-0.15, -0.1) is 13.2 Å². The predicted octanol–water partition coefficient (Wildman–Crippen LogP) is 5.09. The van der Waals surface area contributed by atoms with Crippen LogP contribution in [0.5, 0.6) is 5.75 Å². The Labute approximate surface area is 243 Å². The van der Waals surface area contributed by atoms with Gasteiger partial charge in [-0.05, 0) is 74.1 Å². The van der Waals surface area contributed by atoms with Gasteiger partial charge in [-0.2, -0.15) is 0 Å². The maximum atomic E-state index is 13.6. The average Bonchev–Trinajstić information content (AvgIpc) is 3.24. The number of alkyl halides is 3. The van der Waals surface area contributed by atoms with Gasteiger partial charge >= 0.3 is 12.1 Å². The van der Waals surface area contributed by atoms with Crippen LogP contribution in [0, 0.1) is 5.92 Å². The SMILES string of the molecule is CNC(=O)c1ccc(-n2c(=O)n(C[C@H]3CC[C@H](NC(=O)c4cc(Cl)ccc4OC(F)(F)F)CC3)c3ccccc32)cn1. The second kappa shape index (κ2) is 11.9. The van der Waals surface area contributed by atoms with E-state index in [1.165, 1.54) is 19.3 Å². The molecule has 220 valence electrons. The highest BCUT2D eigenvalue weighted by molar-refractivity contribution is 6.31. The van der Waals surface area contributed by atoms with E-state index >= 15 is 0 Å². The minimum atomic E-state index is -4.95. The van der Waals surface area contributed by atoms with Crippen LogP contribution >= 0.6 is 11.6 Å². The molecule has 0 radical (unpaired) electrons. The number of para-hydroxylation sites is 2. The van der Waals surface area contributed by atoms with E-state index in [2.05, 4.69) is 20.4 Å². The zero-order valence-corrected chi connectivity index (χ0v) is 23.2. The summed E-state index contributed by atoms with van der Waals surface area (Å²) in [6.45, 7) is 0.453. The largest absolute Gasteiger partial charge is 0.573 e. The van der Waals surface area contributed by atoms with Gasteiger partial charge in [0, 0.05) is 24.7 Å². The van der Waals surface area contributed by atoms with Crippen LogP contribution in [0.2, 0.25) is 5.02 Å². The predicted molar refractivity (Wildman–Crippen MR) is 150 cm³/mol. The number of carbonyl (C=O) groups is 2. The molecule has 0 spiro atoms. The minimum Gasteiger partial charge on any atom is -0.405 e. The van der Waals surface area contributed by atoms with Crippen LogP contribution in [-0.2, 0) is 6.54 Å². The molecule has 2 heterocycles. The summed E-state index contributed by atoms with van der Waals surface area (Å²) >= 11 is 5.93. The fourth-order valence-corrected chi connectivity index (χ4v) is 5.49. The Kier molecular flexibility index (Phi) is 8.26. The molecule has 42 heavy (non-hydrogen) atoms. The Balaban J connectivity index is 1.29. The van der Waals surface area contributed by atoms with E-state index in [4.69, 9.17) is 11.6 Å². The van der Waals surface area contributed by atoms with Crippen molar-refractivity contribution in [1.82, 2.24) is 24.8 Å². The standard InChI is InChI=1S/C29H27ClF3N5O4/c1-34-27(40)22-12-11-20(15-35-22)38-24-5-3-2-4-23(24)37(28(38)41)16-17-6-9-19(10-7-17)36-26(39)21-14-18(30)8-13-25(21)42-29(31,32)33/h2-5,8,11-15,17,19H,6-7,9-10,16H2,1H3,(H,34,40)(H,36,39)/t17-,19-. The maximum Gasteiger partial charge on any atom is 0.573 e. The number of benzene rings is 2. The number of amides is 2. The average molecular weight is 602 g/mol. The molecule has 2 aromatic heterocycles. The molecule has 2 N–H and O–H groups in total. The first-order valence-electron chi connectivity index (χ1n) is 13.3.